The highest BCUT2D eigenvalue weighted by atomic mass is 16.6. The van der Waals surface area contributed by atoms with E-state index in [-0.39, 0.29) is 0 Å². The monoisotopic (exact) mass is 234 g/mol. The van der Waals surface area contributed by atoms with Crippen LogP contribution in [0.15, 0.2) is 0 Å². The normalized spacial score (nSPS) is 9.38. The molecule has 0 aromatic heterocycles. The van der Waals surface area contributed by atoms with Crippen molar-refractivity contribution in [3.8, 4) is 0 Å². The molecule has 0 heterocycles. The molecule has 0 radical (unpaired) electrons. The van der Waals surface area contributed by atoms with Crippen molar-refractivity contribution in [2.24, 2.45) is 11.7 Å². The lowest BCUT2D eigenvalue weighted by Gasteiger charge is -2.04. The Morgan fingerprint density at radius 2 is 1.19 bits per heavy atom. The number of carbonyl (C=O) groups excluding carboxylic acids is 2. The van der Waals surface area contributed by atoms with Gasteiger partial charge in [-0.3, -0.25) is 10.9 Å². The predicted molar refractivity (Wildman–Crippen MR) is 55.8 cm³/mol. The van der Waals surface area contributed by atoms with Crippen molar-refractivity contribution >= 4 is 12.2 Å². The minimum absolute atomic E-state index is 0.327. The number of nitrogens with one attached hydrogen (secondary N) is 2. The molecule has 0 fully saturated rings. The van der Waals surface area contributed by atoms with E-state index in [1.807, 2.05) is 10.9 Å². The maximum Gasteiger partial charge on any atom is 0.421 e. The van der Waals surface area contributed by atoms with E-state index < -0.39 is 12.2 Å². The third-order valence-corrected chi connectivity index (χ3v) is 1.74. The van der Waals surface area contributed by atoms with E-state index in [0.717, 1.165) is 25.7 Å². The molecular weight excluding hydrogens is 216 g/mol. The van der Waals surface area contributed by atoms with Gasteiger partial charge in [-0.1, -0.05) is 0 Å². The van der Waals surface area contributed by atoms with Crippen molar-refractivity contribution in [1.82, 2.24) is 10.9 Å². The Morgan fingerprint density at radius 3 is 1.50 bits per heavy atom. The fourth-order valence-corrected chi connectivity index (χ4v) is 0.971. The first-order valence-electron chi connectivity index (χ1n) is 4.97. The van der Waals surface area contributed by atoms with Crippen LogP contribution in [-0.4, -0.2) is 25.4 Å². The van der Waals surface area contributed by atoms with Gasteiger partial charge in [0.05, 0.1) is 13.2 Å². The van der Waals surface area contributed by atoms with E-state index in [0.29, 0.717) is 13.2 Å². The minimum atomic E-state index is -0.636. The zero-order valence-corrected chi connectivity index (χ0v) is 9.03. The largest absolute Gasteiger partial charge is 0.449 e. The number of unbranched alkanes of at least 4 members (excludes halogenated alkanes) is 3. The van der Waals surface area contributed by atoms with E-state index in [9.17, 15) is 9.59 Å². The molecule has 0 rings (SSSR count). The van der Waals surface area contributed by atoms with Crippen LogP contribution >= 0.6 is 0 Å². The minimum Gasteiger partial charge on any atom is -0.449 e. The lowest BCUT2D eigenvalue weighted by atomic mass is 10.2. The molecule has 0 aliphatic carbocycles. The van der Waals surface area contributed by atoms with E-state index in [1.165, 1.54) is 0 Å². The summed E-state index contributed by atoms with van der Waals surface area (Å²) in [5, 5.41) is 0. The molecule has 0 aliphatic rings. The zero-order valence-electron chi connectivity index (χ0n) is 9.03. The Balaban J connectivity index is 3.10. The van der Waals surface area contributed by atoms with Crippen molar-refractivity contribution in [3.05, 3.63) is 0 Å². The van der Waals surface area contributed by atoms with Gasteiger partial charge in [0.1, 0.15) is 0 Å². The van der Waals surface area contributed by atoms with E-state index in [1.54, 1.807) is 0 Å². The van der Waals surface area contributed by atoms with Crippen LogP contribution in [0.25, 0.3) is 0 Å². The molecular formula is C8H18N4O4. The Labute approximate surface area is 93.6 Å². The molecule has 0 saturated carbocycles. The first-order chi connectivity index (χ1) is 7.70. The summed E-state index contributed by atoms with van der Waals surface area (Å²) in [6.07, 6.45) is 1.98. The van der Waals surface area contributed by atoms with Gasteiger partial charge in [0.2, 0.25) is 0 Å². The van der Waals surface area contributed by atoms with Gasteiger partial charge in [-0.05, 0) is 25.7 Å². The number of carbonyl (C=O) groups is 2. The molecule has 8 heteroatoms. The Bertz CT molecular complexity index is 190. The molecule has 0 aromatic rings. The highest BCUT2D eigenvalue weighted by Crippen LogP contribution is 2.00. The fourth-order valence-electron chi connectivity index (χ4n) is 0.971. The quantitative estimate of drug-likeness (QED) is 0.208. The second-order valence-corrected chi connectivity index (χ2v) is 2.97. The summed E-state index contributed by atoms with van der Waals surface area (Å²) in [6.45, 7) is 0.653. The van der Waals surface area contributed by atoms with Crippen molar-refractivity contribution < 1.29 is 19.1 Å². The summed E-state index contributed by atoms with van der Waals surface area (Å²) < 4.78 is 9.33. The summed E-state index contributed by atoms with van der Waals surface area (Å²) in [4.78, 5) is 21.0. The van der Waals surface area contributed by atoms with Crippen molar-refractivity contribution in [1.29, 1.82) is 0 Å². The zero-order chi connectivity index (χ0) is 12.2. The molecule has 0 spiro atoms. The Hall–Kier alpha value is -1.54. The van der Waals surface area contributed by atoms with Gasteiger partial charge in [-0.2, -0.15) is 0 Å². The van der Waals surface area contributed by atoms with E-state index in [2.05, 4.69) is 9.47 Å². The maximum atomic E-state index is 10.5. The molecule has 16 heavy (non-hydrogen) atoms. The SMILES string of the molecule is NNC(=O)OCCCCCCOC(=O)NN. The fraction of sp³-hybridized carbons (Fsp3) is 0.750. The second-order valence-electron chi connectivity index (χ2n) is 2.97. The number of hydrazine groups is 2. The highest BCUT2D eigenvalue weighted by Gasteiger charge is 1.99. The average molecular weight is 234 g/mol. The van der Waals surface area contributed by atoms with Crippen LogP contribution in [0.5, 0.6) is 0 Å². The molecule has 94 valence electrons. The van der Waals surface area contributed by atoms with Gasteiger partial charge in [-0.15, -0.1) is 0 Å². The van der Waals surface area contributed by atoms with Crippen molar-refractivity contribution in [2.45, 2.75) is 25.7 Å². The summed E-state index contributed by atoms with van der Waals surface area (Å²) in [6, 6.07) is 0. The summed E-state index contributed by atoms with van der Waals surface area (Å²) >= 11 is 0. The number of ether oxygens (including phenoxy) is 2. The van der Waals surface area contributed by atoms with Crippen LogP contribution in [0.4, 0.5) is 9.59 Å². The molecule has 0 aliphatic heterocycles. The maximum absolute atomic E-state index is 10.5. The molecule has 6 N–H and O–H groups in total. The summed E-state index contributed by atoms with van der Waals surface area (Å²) in [7, 11) is 0. The third kappa shape index (κ3) is 9.03. The van der Waals surface area contributed by atoms with Gasteiger partial charge in [0, 0.05) is 0 Å². The first-order valence-corrected chi connectivity index (χ1v) is 4.97. The standard InChI is InChI=1S/C8H18N4O4/c9-11-7(13)15-5-3-1-2-4-6-16-8(14)12-10/h1-6,9-10H2,(H,11,13)(H,12,14). The lowest BCUT2D eigenvalue weighted by Crippen LogP contribution is -2.31. The van der Waals surface area contributed by atoms with Gasteiger partial charge >= 0.3 is 12.2 Å². The molecule has 0 atom stereocenters. The number of nitrogens with two attached hydrogens (primary N) is 2. The van der Waals surface area contributed by atoms with Crippen molar-refractivity contribution in [3.63, 3.8) is 0 Å². The van der Waals surface area contributed by atoms with Crippen LogP contribution in [0.2, 0.25) is 0 Å². The topological polar surface area (TPSA) is 129 Å². The average Bonchev–Trinajstić information content (AvgIpc) is 2.31. The lowest BCUT2D eigenvalue weighted by molar-refractivity contribution is 0.138. The van der Waals surface area contributed by atoms with E-state index >= 15 is 0 Å². The van der Waals surface area contributed by atoms with Gasteiger partial charge < -0.3 is 9.47 Å². The van der Waals surface area contributed by atoms with Gasteiger partial charge in [0.15, 0.2) is 0 Å². The Kier molecular flexibility index (Phi) is 9.03. The first kappa shape index (κ1) is 14.5. The Morgan fingerprint density at radius 1 is 0.812 bits per heavy atom. The van der Waals surface area contributed by atoms with Crippen LogP contribution in [0.3, 0.4) is 0 Å². The van der Waals surface area contributed by atoms with Crippen LogP contribution < -0.4 is 22.5 Å². The van der Waals surface area contributed by atoms with Crippen molar-refractivity contribution in [2.75, 3.05) is 13.2 Å². The second kappa shape index (κ2) is 9.99. The van der Waals surface area contributed by atoms with Gasteiger partial charge in [-0.25, -0.2) is 21.3 Å². The summed E-state index contributed by atoms with van der Waals surface area (Å²) in [5.74, 6) is 9.61. The highest BCUT2D eigenvalue weighted by molar-refractivity contribution is 5.66. The molecule has 2 amide bonds. The smallest absolute Gasteiger partial charge is 0.421 e. The summed E-state index contributed by atoms with van der Waals surface area (Å²) in [5.41, 5.74) is 3.72. The molecule has 0 aromatic carbocycles. The number of rotatable bonds is 7. The molecule has 8 nitrogen and oxygen atoms in total. The predicted octanol–water partition coefficient (Wildman–Crippen LogP) is -0.253. The van der Waals surface area contributed by atoms with Crippen LogP contribution in [0, 0.1) is 0 Å². The number of hydrogen-bond donors (Lipinski definition) is 4. The van der Waals surface area contributed by atoms with E-state index in [4.69, 9.17) is 11.7 Å². The van der Waals surface area contributed by atoms with Crippen LogP contribution in [-0.2, 0) is 9.47 Å². The molecule has 0 bridgehead atoms. The third-order valence-electron chi connectivity index (χ3n) is 1.74. The molecule has 0 saturated heterocycles. The molecule has 0 unspecified atom stereocenters. The number of amides is 2. The van der Waals surface area contributed by atoms with Crippen LogP contribution in [0.1, 0.15) is 25.7 Å². The number of hydrogen-bond acceptors (Lipinski definition) is 6. The van der Waals surface area contributed by atoms with Gasteiger partial charge in [0.25, 0.3) is 0 Å².